The molecule has 0 bridgehead atoms. The summed E-state index contributed by atoms with van der Waals surface area (Å²) in [7, 11) is 0. The Labute approximate surface area is 173 Å². The van der Waals surface area contributed by atoms with Crippen LogP contribution < -0.4 is 10.6 Å². The normalized spacial score (nSPS) is 17.1. The van der Waals surface area contributed by atoms with Crippen LogP contribution in [-0.2, 0) is 22.7 Å². The average molecular weight is 410 g/mol. The number of hydrogen-bond acceptors (Lipinski definition) is 5. The van der Waals surface area contributed by atoms with Crippen molar-refractivity contribution in [2.75, 3.05) is 13.1 Å². The van der Waals surface area contributed by atoms with Gasteiger partial charge in [-0.05, 0) is 17.0 Å². The molecule has 7 nitrogen and oxygen atoms in total. The zero-order valence-electron chi connectivity index (χ0n) is 15.9. The van der Waals surface area contributed by atoms with Crippen LogP contribution in [-0.4, -0.2) is 46.0 Å². The first-order valence-corrected chi connectivity index (χ1v) is 10.5. The number of piperazine rings is 1. The second-order valence-corrected chi connectivity index (χ2v) is 8.01. The number of nitrogens with zero attached hydrogens (tertiary/aromatic N) is 2. The topological polar surface area (TPSA) is 90.1 Å². The SMILES string of the molecule is O=C(C[C@H]1C(=O)NCCN1Cc1cccs1)NCc1cn[nH]c1-c1ccccc1. The molecule has 0 radical (unpaired) electrons. The number of amides is 2. The largest absolute Gasteiger partial charge is 0.353 e. The lowest BCUT2D eigenvalue weighted by molar-refractivity contribution is -0.134. The Kier molecular flexibility index (Phi) is 6.02. The highest BCUT2D eigenvalue weighted by molar-refractivity contribution is 7.09. The molecular weight excluding hydrogens is 386 g/mol. The number of nitrogens with one attached hydrogen (secondary N) is 3. The monoisotopic (exact) mass is 409 g/mol. The first kappa shape index (κ1) is 19.4. The summed E-state index contributed by atoms with van der Waals surface area (Å²) in [4.78, 5) is 28.3. The number of H-pyrrole nitrogens is 1. The zero-order valence-corrected chi connectivity index (χ0v) is 16.7. The molecule has 0 spiro atoms. The summed E-state index contributed by atoms with van der Waals surface area (Å²) in [5, 5.41) is 14.9. The van der Waals surface area contributed by atoms with E-state index in [-0.39, 0.29) is 18.2 Å². The highest BCUT2D eigenvalue weighted by Crippen LogP contribution is 2.21. The lowest BCUT2D eigenvalue weighted by Gasteiger charge is -2.34. The van der Waals surface area contributed by atoms with E-state index in [1.807, 2.05) is 41.8 Å². The van der Waals surface area contributed by atoms with Gasteiger partial charge in [-0.15, -0.1) is 11.3 Å². The van der Waals surface area contributed by atoms with E-state index < -0.39 is 6.04 Å². The van der Waals surface area contributed by atoms with Crippen molar-refractivity contribution in [2.24, 2.45) is 0 Å². The van der Waals surface area contributed by atoms with Gasteiger partial charge in [-0.25, -0.2) is 0 Å². The van der Waals surface area contributed by atoms with E-state index in [4.69, 9.17) is 0 Å². The van der Waals surface area contributed by atoms with E-state index in [0.717, 1.165) is 23.4 Å². The molecule has 2 amide bonds. The third-order valence-corrected chi connectivity index (χ3v) is 5.88. The van der Waals surface area contributed by atoms with E-state index in [1.165, 1.54) is 4.88 Å². The lowest BCUT2D eigenvalue weighted by Crippen LogP contribution is -2.56. The van der Waals surface area contributed by atoms with Crippen LogP contribution in [0, 0.1) is 0 Å². The van der Waals surface area contributed by atoms with Gasteiger partial charge < -0.3 is 10.6 Å². The number of carbonyl (C=O) groups is 2. The van der Waals surface area contributed by atoms with Gasteiger partial charge in [0.25, 0.3) is 0 Å². The van der Waals surface area contributed by atoms with Gasteiger partial charge in [0.05, 0.1) is 24.4 Å². The minimum atomic E-state index is -0.455. The summed E-state index contributed by atoms with van der Waals surface area (Å²) in [5.41, 5.74) is 2.82. The minimum Gasteiger partial charge on any atom is -0.353 e. The highest BCUT2D eigenvalue weighted by Gasteiger charge is 2.31. The minimum absolute atomic E-state index is 0.0868. The zero-order chi connectivity index (χ0) is 20.1. The Hall–Kier alpha value is -2.97. The second-order valence-electron chi connectivity index (χ2n) is 6.97. The van der Waals surface area contributed by atoms with Crippen LogP contribution in [0.3, 0.4) is 0 Å². The Balaban J connectivity index is 1.37. The molecule has 1 atom stereocenters. The molecule has 1 aliphatic heterocycles. The molecule has 3 heterocycles. The Morgan fingerprint density at radius 3 is 2.90 bits per heavy atom. The summed E-state index contributed by atoms with van der Waals surface area (Å²) >= 11 is 1.66. The van der Waals surface area contributed by atoms with Crippen molar-refractivity contribution in [1.29, 1.82) is 0 Å². The first-order chi connectivity index (χ1) is 14.2. The van der Waals surface area contributed by atoms with Crippen molar-refractivity contribution in [2.45, 2.75) is 25.6 Å². The van der Waals surface area contributed by atoms with Crippen molar-refractivity contribution in [3.8, 4) is 11.3 Å². The quantitative estimate of drug-likeness (QED) is 0.558. The van der Waals surface area contributed by atoms with E-state index in [9.17, 15) is 9.59 Å². The molecule has 4 rings (SSSR count). The van der Waals surface area contributed by atoms with E-state index >= 15 is 0 Å². The van der Waals surface area contributed by atoms with Crippen LogP contribution >= 0.6 is 11.3 Å². The number of benzene rings is 1. The predicted molar refractivity (Wildman–Crippen MR) is 112 cm³/mol. The highest BCUT2D eigenvalue weighted by atomic mass is 32.1. The summed E-state index contributed by atoms with van der Waals surface area (Å²) < 4.78 is 0. The molecule has 8 heteroatoms. The van der Waals surface area contributed by atoms with Crippen molar-refractivity contribution in [1.82, 2.24) is 25.7 Å². The summed E-state index contributed by atoms with van der Waals surface area (Å²) in [6.07, 6.45) is 1.86. The number of carbonyl (C=O) groups excluding carboxylic acids is 2. The van der Waals surface area contributed by atoms with Crippen LogP contribution in [0.1, 0.15) is 16.9 Å². The molecular formula is C21H23N5O2S. The lowest BCUT2D eigenvalue weighted by atomic mass is 10.1. The fraction of sp³-hybridized carbons (Fsp3) is 0.286. The average Bonchev–Trinajstić information content (AvgIpc) is 3.41. The molecule has 150 valence electrons. The van der Waals surface area contributed by atoms with E-state index in [0.29, 0.717) is 19.6 Å². The third kappa shape index (κ3) is 4.72. The van der Waals surface area contributed by atoms with Crippen LogP contribution in [0.15, 0.2) is 54.0 Å². The maximum Gasteiger partial charge on any atom is 0.237 e. The fourth-order valence-electron chi connectivity index (χ4n) is 3.52. The van der Waals surface area contributed by atoms with Gasteiger partial charge in [-0.2, -0.15) is 5.10 Å². The van der Waals surface area contributed by atoms with Gasteiger partial charge >= 0.3 is 0 Å². The van der Waals surface area contributed by atoms with Gasteiger partial charge in [0.2, 0.25) is 11.8 Å². The predicted octanol–water partition coefficient (Wildman–Crippen LogP) is 2.15. The van der Waals surface area contributed by atoms with Crippen LogP contribution in [0.2, 0.25) is 0 Å². The Morgan fingerprint density at radius 1 is 1.24 bits per heavy atom. The third-order valence-electron chi connectivity index (χ3n) is 5.02. The summed E-state index contributed by atoms with van der Waals surface area (Å²) in [5.74, 6) is -0.236. The van der Waals surface area contributed by atoms with Crippen molar-refractivity contribution in [3.05, 3.63) is 64.5 Å². The molecule has 1 saturated heterocycles. The van der Waals surface area contributed by atoms with E-state index in [1.54, 1.807) is 17.5 Å². The summed E-state index contributed by atoms with van der Waals surface area (Å²) in [6, 6.07) is 13.5. The maximum absolute atomic E-state index is 12.6. The first-order valence-electron chi connectivity index (χ1n) is 9.59. The number of hydrogen-bond donors (Lipinski definition) is 3. The smallest absolute Gasteiger partial charge is 0.237 e. The van der Waals surface area contributed by atoms with E-state index in [2.05, 4.69) is 31.8 Å². The standard InChI is InChI=1S/C21H23N5O2S/c27-19(23-12-16-13-24-25-20(16)15-5-2-1-3-6-15)11-18-21(28)22-8-9-26(18)14-17-7-4-10-29-17/h1-7,10,13,18H,8-9,11-12,14H2,(H,22,28)(H,23,27)(H,24,25)/t18-/m0/s1. The van der Waals surface area contributed by atoms with Crippen molar-refractivity contribution >= 4 is 23.2 Å². The van der Waals surface area contributed by atoms with Gasteiger partial charge in [0.1, 0.15) is 0 Å². The molecule has 0 unspecified atom stereocenters. The fourth-order valence-corrected chi connectivity index (χ4v) is 4.25. The number of aromatic amines is 1. The molecule has 3 aromatic rings. The maximum atomic E-state index is 12.6. The van der Waals surface area contributed by atoms with Crippen molar-refractivity contribution < 1.29 is 9.59 Å². The van der Waals surface area contributed by atoms with Gasteiger partial charge in [0.15, 0.2) is 0 Å². The summed E-state index contributed by atoms with van der Waals surface area (Å²) in [6.45, 7) is 2.39. The Bertz CT molecular complexity index is 955. The van der Waals surface area contributed by atoms with Crippen LogP contribution in [0.4, 0.5) is 0 Å². The molecule has 1 aromatic carbocycles. The van der Waals surface area contributed by atoms with Crippen molar-refractivity contribution in [3.63, 3.8) is 0 Å². The molecule has 0 saturated carbocycles. The number of thiophene rings is 1. The second kappa shape index (κ2) is 9.02. The molecule has 29 heavy (non-hydrogen) atoms. The van der Waals surface area contributed by atoms with Crippen LogP contribution in [0.25, 0.3) is 11.3 Å². The van der Waals surface area contributed by atoms with Gasteiger partial charge in [-0.3, -0.25) is 19.6 Å². The van der Waals surface area contributed by atoms with Gasteiger partial charge in [-0.1, -0.05) is 36.4 Å². The molecule has 2 aromatic heterocycles. The molecule has 0 aliphatic carbocycles. The molecule has 1 fully saturated rings. The molecule has 3 N–H and O–H groups in total. The number of aromatic nitrogens is 2. The molecule has 1 aliphatic rings. The Morgan fingerprint density at radius 2 is 2.10 bits per heavy atom. The van der Waals surface area contributed by atoms with Crippen LogP contribution in [0.5, 0.6) is 0 Å². The number of rotatable bonds is 7. The van der Waals surface area contributed by atoms with Gasteiger partial charge in [0, 0.05) is 36.6 Å².